The fourth-order valence-corrected chi connectivity index (χ4v) is 2.50. The van der Waals surface area contributed by atoms with Crippen molar-refractivity contribution in [2.24, 2.45) is 11.7 Å². The van der Waals surface area contributed by atoms with E-state index in [0.29, 0.717) is 26.2 Å². The van der Waals surface area contributed by atoms with Gasteiger partial charge in [0, 0.05) is 26.2 Å². The second-order valence-corrected chi connectivity index (χ2v) is 5.22. The molecule has 1 aliphatic heterocycles. The fraction of sp³-hybridized carbons (Fsp3) is 0.857. The SMILES string of the molecule is CCN(CC)CC(=O)N1CCCC(C(=O)NCCN)C1. The molecular weight excluding hydrogens is 256 g/mol. The number of carbonyl (C=O) groups is 2. The lowest BCUT2D eigenvalue weighted by Gasteiger charge is -2.33. The highest BCUT2D eigenvalue weighted by atomic mass is 16.2. The predicted molar refractivity (Wildman–Crippen MR) is 79.2 cm³/mol. The van der Waals surface area contributed by atoms with Crippen LogP contribution in [0.1, 0.15) is 26.7 Å². The highest BCUT2D eigenvalue weighted by Crippen LogP contribution is 2.17. The summed E-state index contributed by atoms with van der Waals surface area (Å²) in [5.74, 6) is 0.0665. The Balaban J connectivity index is 2.47. The predicted octanol–water partition coefficient (Wildman–Crippen LogP) is -0.358. The van der Waals surface area contributed by atoms with E-state index in [4.69, 9.17) is 5.73 Å². The van der Waals surface area contributed by atoms with Gasteiger partial charge >= 0.3 is 0 Å². The molecule has 1 unspecified atom stereocenters. The van der Waals surface area contributed by atoms with E-state index in [-0.39, 0.29) is 17.7 Å². The van der Waals surface area contributed by atoms with Crippen molar-refractivity contribution in [3.05, 3.63) is 0 Å². The van der Waals surface area contributed by atoms with Crippen molar-refractivity contribution in [1.82, 2.24) is 15.1 Å². The van der Waals surface area contributed by atoms with Crippen molar-refractivity contribution in [3.8, 4) is 0 Å². The molecule has 0 bridgehead atoms. The summed E-state index contributed by atoms with van der Waals surface area (Å²) in [4.78, 5) is 28.1. The minimum Gasteiger partial charge on any atom is -0.355 e. The Kier molecular flexibility index (Phi) is 7.54. The highest BCUT2D eigenvalue weighted by Gasteiger charge is 2.28. The van der Waals surface area contributed by atoms with Crippen molar-refractivity contribution in [3.63, 3.8) is 0 Å². The minimum atomic E-state index is -0.0871. The monoisotopic (exact) mass is 284 g/mol. The maximum absolute atomic E-state index is 12.2. The molecule has 0 spiro atoms. The van der Waals surface area contributed by atoms with Crippen molar-refractivity contribution in [2.75, 3.05) is 45.8 Å². The molecule has 2 amide bonds. The molecule has 6 nitrogen and oxygen atoms in total. The third-order valence-electron chi connectivity index (χ3n) is 3.84. The highest BCUT2D eigenvalue weighted by molar-refractivity contribution is 5.82. The molecule has 0 aromatic rings. The Morgan fingerprint density at radius 1 is 1.35 bits per heavy atom. The number of amides is 2. The summed E-state index contributed by atoms with van der Waals surface area (Å²) in [6.45, 7) is 8.55. The van der Waals surface area contributed by atoms with Crippen LogP contribution in [0.5, 0.6) is 0 Å². The molecule has 1 atom stereocenters. The van der Waals surface area contributed by atoms with Crippen LogP contribution >= 0.6 is 0 Å². The smallest absolute Gasteiger partial charge is 0.236 e. The number of piperidine rings is 1. The molecule has 6 heteroatoms. The van der Waals surface area contributed by atoms with Crippen LogP contribution in [0.2, 0.25) is 0 Å². The Bertz CT molecular complexity index is 318. The lowest BCUT2D eigenvalue weighted by molar-refractivity contribution is -0.136. The molecule has 0 radical (unpaired) electrons. The van der Waals surface area contributed by atoms with Crippen LogP contribution < -0.4 is 11.1 Å². The Morgan fingerprint density at radius 3 is 2.65 bits per heavy atom. The van der Waals surface area contributed by atoms with Gasteiger partial charge in [-0.25, -0.2) is 0 Å². The van der Waals surface area contributed by atoms with Crippen LogP contribution in [0.15, 0.2) is 0 Å². The van der Waals surface area contributed by atoms with Crippen molar-refractivity contribution in [2.45, 2.75) is 26.7 Å². The molecule has 0 aliphatic carbocycles. The summed E-state index contributed by atoms with van der Waals surface area (Å²) >= 11 is 0. The minimum absolute atomic E-state index is 0.0239. The zero-order chi connectivity index (χ0) is 15.0. The van der Waals surface area contributed by atoms with Crippen LogP contribution in [0.3, 0.4) is 0 Å². The Labute approximate surface area is 121 Å². The molecule has 116 valence electrons. The average molecular weight is 284 g/mol. The average Bonchev–Trinajstić information content (AvgIpc) is 2.50. The van der Waals surface area contributed by atoms with Crippen molar-refractivity contribution in [1.29, 1.82) is 0 Å². The molecule has 1 rings (SSSR count). The van der Waals surface area contributed by atoms with Gasteiger partial charge in [0.1, 0.15) is 0 Å². The lowest BCUT2D eigenvalue weighted by atomic mass is 9.97. The molecule has 1 heterocycles. The first-order valence-corrected chi connectivity index (χ1v) is 7.60. The molecule has 0 aromatic carbocycles. The number of carbonyl (C=O) groups excluding carboxylic acids is 2. The summed E-state index contributed by atoms with van der Waals surface area (Å²) in [5.41, 5.74) is 5.38. The van der Waals surface area contributed by atoms with E-state index < -0.39 is 0 Å². The number of nitrogens with two attached hydrogens (primary N) is 1. The number of hydrogen-bond acceptors (Lipinski definition) is 4. The van der Waals surface area contributed by atoms with E-state index >= 15 is 0 Å². The fourth-order valence-electron chi connectivity index (χ4n) is 2.50. The molecule has 1 aliphatic rings. The van der Waals surface area contributed by atoms with Crippen LogP contribution in [0.4, 0.5) is 0 Å². The second-order valence-electron chi connectivity index (χ2n) is 5.22. The third kappa shape index (κ3) is 5.09. The summed E-state index contributed by atoms with van der Waals surface area (Å²) in [6.07, 6.45) is 1.75. The van der Waals surface area contributed by atoms with Gasteiger partial charge in [0.05, 0.1) is 12.5 Å². The first kappa shape index (κ1) is 16.9. The zero-order valence-corrected chi connectivity index (χ0v) is 12.7. The second kappa shape index (κ2) is 8.92. The van der Waals surface area contributed by atoms with Crippen LogP contribution in [-0.4, -0.2) is 67.4 Å². The normalized spacial score (nSPS) is 19.2. The van der Waals surface area contributed by atoms with E-state index in [1.54, 1.807) is 0 Å². The zero-order valence-electron chi connectivity index (χ0n) is 12.7. The van der Waals surface area contributed by atoms with Crippen LogP contribution in [-0.2, 0) is 9.59 Å². The van der Waals surface area contributed by atoms with Gasteiger partial charge in [-0.1, -0.05) is 13.8 Å². The Hall–Kier alpha value is -1.14. The topological polar surface area (TPSA) is 78.7 Å². The Morgan fingerprint density at radius 2 is 2.05 bits per heavy atom. The van der Waals surface area contributed by atoms with Gasteiger partial charge < -0.3 is 16.0 Å². The largest absolute Gasteiger partial charge is 0.355 e. The van der Waals surface area contributed by atoms with Crippen LogP contribution in [0.25, 0.3) is 0 Å². The number of nitrogens with zero attached hydrogens (tertiary/aromatic N) is 2. The number of likely N-dealkylation sites (tertiary alicyclic amines) is 1. The number of rotatable bonds is 7. The quantitative estimate of drug-likeness (QED) is 0.669. The molecular formula is C14H28N4O2. The van der Waals surface area contributed by atoms with Crippen molar-refractivity contribution < 1.29 is 9.59 Å². The summed E-state index contributed by atoms with van der Waals surface area (Å²) in [7, 11) is 0. The lowest BCUT2D eigenvalue weighted by Crippen LogP contribution is -2.48. The van der Waals surface area contributed by atoms with Gasteiger partial charge in [0.15, 0.2) is 0 Å². The number of nitrogens with one attached hydrogen (secondary N) is 1. The van der Waals surface area contributed by atoms with Crippen LogP contribution in [0, 0.1) is 5.92 Å². The standard InChI is InChI=1S/C14H28N4O2/c1-3-17(4-2)11-13(19)18-9-5-6-12(10-18)14(20)16-8-7-15/h12H,3-11,15H2,1-2H3,(H,16,20). The van der Waals surface area contributed by atoms with E-state index in [1.165, 1.54) is 0 Å². The van der Waals surface area contributed by atoms with E-state index in [9.17, 15) is 9.59 Å². The molecule has 1 saturated heterocycles. The third-order valence-corrected chi connectivity index (χ3v) is 3.84. The van der Waals surface area contributed by atoms with Gasteiger partial charge in [0.2, 0.25) is 11.8 Å². The molecule has 0 saturated carbocycles. The maximum atomic E-state index is 12.2. The van der Waals surface area contributed by atoms with Gasteiger partial charge in [-0.3, -0.25) is 14.5 Å². The summed E-state index contributed by atoms with van der Waals surface area (Å²) in [5, 5.41) is 2.81. The van der Waals surface area contributed by atoms with Gasteiger partial charge in [0.25, 0.3) is 0 Å². The van der Waals surface area contributed by atoms with E-state index in [1.807, 2.05) is 4.90 Å². The number of hydrogen-bond donors (Lipinski definition) is 2. The van der Waals surface area contributed by atoms with E-state index in [0.717, 1.165) is 32.5 Å². The number of likely N-dealkylation sites (N-methyl/N-ethyl adjacent to an activating group) is 1. The van der Waals surface area contributed by atoms with Gasteiger partial charge in [-0.15, -0.1) is 0 Å². The molecule has 1 fully saturated rings. The molecule has 3 N–H and O–H groups in total. The summed E-state index contributed by atoms with van der Waals surface area (Å²) < 4.78 is 0. The maximum Gasteiger partial charge on any atom is 0.236 e. The molecule has 20 heavy (non-hydrogen) atoms. The first-order valence-electron chi connectivity index (χ1n) is 7.60. The van der Waals surface area contributed by atoms with Gasteiger partial charge in [-0.2, -0.15) is 0 Å². The summed E-state index contributed by atoms with van der Waals surface area (Å²) in [6, 6.07) is 0. The van der Waals surface area contributed by atoms with Crippen molar-refractivity contribution >= 4 is 11.8 Å². The molecule has 0 aromatic heterocycles. The first-order chi connectivity index (χ1) is 9.62. The van der Waals surface area contributed by atoms with Gasteiger partial charge in [-0.05, 0) is 25.9 Å². The van der Waals surface area contributed by atoms with E-state index in [2.05, 4.69) is 24.1 Å².